The molecule has 3 rings (SSSR count). The second-order valence-corrected chi connectivity index (χ2v) is 4.85. The largest absolute Gasteiger partial charge is 0.325 e. The van der Waals surface area contributed by atoms with Crippen LogP contribution in [0.25, 0.3) is 11.4 Å². The van der Waals surface area contributed by atoms with E-state index in [1.807, 2.05) is 6.07 Å². The number of nitrogens with two attached hydrogens (primary N) is 1. The summed E-state index contributed by atoms with van der Waals surface area (Å²) in [7, 11) is 0. The van der Waals surface area contributed by atoms with E-state index >= 15 is 0 Å². The van der Waals surface area contributed by atoms with Crippen molar-refractivity contribution in [3.63, 3.8) is 0 Å². The highest BCUT2D eigenvalue weighted by Gasteiger charge is 2.18. The molecule has 3 heteroatoms. The molecule has 1 aromatic heterocycles. The molecule has 0 unspecified atom stereocenters. The fraction of sp³-hybridized carbons (Fsp3) is 0.333. The third-order valence-electron chi connectivity index (χ3n) is 3.49. The van der Waals surface area contributed by atoms with E-state index < -0.39 is 0 Å². The Morgan fingerprint density at radius 2 is 2.11 bits per heavy atom. The molecule has 1 aliphatic rings. The quantitative estimate of drug-likeness (QED) is 0.875. The summed E-state index contributed by atoms with van der Waals surface area (Å²) >= 11 is 0. The minimum atomic E-state index is 0.504. The van der Waals surface area contributed by atoms with Crippen LogP contribution >= 0.6 is 0 Å². The number of fused-ring (bicyclic) bond motifs is 1. The average molecular weight is 239 g/mol. The number of rotatable bonds is 2. The maximum Gasteiger partial charge on any atom is 0.159 e. The van der Waals surface area contributed by atoms with Gasteiger partial charge in [0.05, 0.1) is 5.69 Å². The molecule has 1 aromatic carbocycles. The summed E-state index contributed by atoms with van der Waals surface area (Å²) in [6, 6.07) is 8.31. The van der Waals surface area contributed by atoms with Crippen LogP contribution in [-0.4, -0.2) is 9.97 Å². The van der Waals surface area contributed by atoms with Crippen LogP contribution in [0.2, 0.25) is 0 Å². The Bertz CT molecular complexity index is 590. The summed E-state index contributed by atoms with van der Waals surface area (Å²) in [6.07, 6.45) is 3.31. The summed E-state index contributed by atoms with van der Waals surface area (Å²) in [6.45, 7) is 2.59. The minimum absolute atomic E-state index is 0.504. The van der Waals surface area contributed by atoms with E-state index in [0.29, 0.717) is 6.54 Å². The first kappa shape index (κ1) is 11.4. The van der Waals surface area contributed by atoms with Crippen molar-refractivity contribution in [1.82, 2.24) is 9.97 Å². The Morgan fingerprint density at radius 1 is 1.22 bits per heavy atom. The van der Waals surface area contributed by atoms with Gasteiger partial charge < -0.3 is 5.73 Å². The molecule has 0 saturated carbocycles. The zero-order chi connectivity index (χ0) is 12.5. The van der Waals surface area contributed by atoms with Gasteiger partial charge in [-0.25, -0.2) is 9.97 Å². The molecule has 2 aromatic rings. The number of aryl methyl sites for hydroxylation is 2. The number of aromatic nitrogens is 2. The van der Waals surface area contributed by atoms with E-state index in [-0.39, 0.29) is 0 Å². The summed E-state index contributed by atoms with van der Waals surface area (Å²) in [5.41, 5.74) is 11.6. The van der Waals surface area contributed by atoms with Gasteiger partial charge in [0.25, 0.3) is 0 Å². The summed E-state index contributed by atoms with van der Waals surface area (Å²) in [4.78, 5) is 9.34. The Kier molecular flexibility index (Phi) is 2.84. The molecule has 0 fully saturated rings. The minimum Gasteiger partial charge on any atom is -0.325 e. The second-order valence-electron chi connectivity index (χ2n) is 4.85. The van der Waals surface area contributed by atoms with Gasteiger partial charge >= 0.3 is 0 Å². The molecule has 0 bridgehead atoms. The SMILES string of the molecule is Cc1cccc(-c2nc(CN)c3c(n2)CCC3)c1. The van der Waals surface area contributed by atoms with Crippen LogP contribution in [0.5, 0.6) is 0 Å². The van der Waals surface area contributed by atoms with Gasteiger partial charge in [0.15, 0.2) is 5.82 Å². The zero-order valence-electron chi connectivity index (χ0n) is 10.6. The molecule has 0 radical (unpaired) electrons. The summed E-state index contributed by atoms with van der Waals surface area (Å²) in [5.74, 6) is 0.819. The van der Waals surface area contributed by atoms with Gasteiger partial charge in [-0.05, 0) is 37.8 Å². The molecule has 3 nitrogen and oxygen atoms in total. The van der Waals surface area contributed by atoms with E-state index in [1.54, 1.807) is 0 Å². The summed E-state index contributed by atoms with van der Waals surface area (Å²) < 4.78 is 0. The van der Waals surface area contributed by atoms with Crippen molar-refractivity contribution in [2.24, 2.45) is 5.73 Å². The lowest BCUT2D eigenvalue weighted by atomic mass is 10.1. The lowest BCUT2D eigenvalue weighted by Gasteiger charge is -2.09. The topological polar surface area (TPSA) is 51.8 Å². The Hall–Kier alpha value is -1.74. The van der Waals surface area contributed by atoms with Crippen molar-refractivity contribution in [2.75, 3.05) is 0 Å². The molecule has 18 heavy (non-hydrogen) atoms. The maximum absolute atomic E-state index is 5.81. The van der Waals surface area contributed by atoms with E-state index in [1.165, 1.54) is 23.2 Å². The molecule has 0 amide bonds. The molecule has 1 aliphatic carbocycles. The van der Waals surface area contributed by atoms with Gasteiger partial charge in [-0.2, -0.15) is 0 Å². The lowest BCUT2D eigenvalue weighted by molar-refractivity contribution is 0.892. The first-order chi connectivity index (χ1) is 8.78. The maximum atomic E-state index is 5.81. The third kappa shape index (κ3) is 1.91. The van der Waals surface area contributed by atoms with Crippen LogP contribution < -0.4 is 5.73 Å². The number of benzene rings is 1. The highest BCUT2D eigenvalue weighted by molar-refractivity contribution is 5.57. The Balaban J connectivity index is 2.13. The zero-order valence-corrected chi connectivity index (χ0v) is 10.6. The highest BCUT2D eigenvalue weighted by atomic mass is 14.9. The predicted molar refractivity (Wildman–Crippen MR) is 72.1 cm³/mol. The van der Waals surface area contributed by atoms with Gasteiger partial charge in [-0.3, -0.25) is 0 Å². The van der Waals surface area contributed by atoms with Crippen LogP contribution in [-0.2, 0) is 19.4 Å². The molecule has 1 heterocycles. The first-order valence-corrected chi connectivity index (χ1v) is 6.43. The van der Waals surface area contributed by atoms with Gasteiger partial charge in [0.1, 0.15) is 0 Å². The van der Waals surface area contributed by atoms with Crippen LogP contribution in [0, 0.1) is 6.92 Å². The van der Waals surface area contributed by atoms with E-state index in [2.05, 4.69) is 30.1 Å². The molecule has 92 valence electrons. The van der Waals surface area contributed by atoms with Crippen molar-refractivity contribution in [1.29, 1.82) is 0 Å². The summed E-state index contributed by atoms with van der Waals surface area (Å²) in [5, 5.41) is 0. The standard InChI is InChI=1S/C15H17N3/c1-10-4-2-5-11(8-10)15-17-13-7-3-6-12(13)14(9-16)18-15/h2,4-5,8H,3,6-7,9,16H2,1H3. The van der Waals surface area contributed by atoms with E-state index in [9.17, 15) is 0 Å². The molecule has 0 spiro atoms. The van der Waals surface area contributed by atoms with Crippen molar-refractivity contribution in [2.45, 2.75) is 32.7 Å². The number of hydrogen-bond acceptors (Lipinski definition) is 3. The smallest absolute Gasteiger partial charge is 0.159 e. The normalized spacial score (nSPS) is 13.7. The van der Waals surface area contributed by atoms with Gasteiger partial charge in [-0.1, -0.05) is 23.8 Å². The van der Waals surface area contributed by atoms with Gasteiger partial charge in [0, 0.05) is 17.8 Å². The van der Waals surface area contributed by atoms with E-state index in [4.69, 9.17) is 10.7 Å². The molecule has 0 saturated heterocycles. The Morgan fingerprint density at radius 3 is 2.89 bits per heavy atom. The second kappa shape index (κ2) is 4.50. The lowest BCUT2D eigenvalue weighted by Crippen LogP contribution is -2.08. The van der Waals surface area contributed by atoms with Crippen LogP contribution in [0.4, 0.5) is 0 Å². The predicted octanol–water partition coefficient (Wildman–Crippen LogP) is 2.40. The molecule has 0 atom stereocenters. The number of nitrogens with zero attached hydrogens (tertiary/aromatic N) is 2. The van der Waals surface area contributed by atoms with Crippen LogP contribution in [0.3, 0.4) is 0 Å². The Labute approximate surface area is 107 Å². The van der Waals surface area contributed by atoms with Crippen molar-refractivity contribution in [3.05, 3.63) is 46.8 Å². The molecular formula is C15H17N3. The first-order valence-electron chi connectivity index (χ1n) is 6.43. The molecule has 0 aliphatic heterocycles. The monoisotopic (exact) mass is 239 g/mol. The van der Waals surface area contributed by atoms with Crippen LogP contribution in [0.1, 0.15) is 28.9 Å². The van der Waals surface area contributed by atoms with Crippen molar-refractivity contribution >= 4 is 0 Å². The highest BCUT2D eigenvalue weighted by Crippen LogP contribution is 2.26. The fourth-order valence-electron chi connectivity index (χ4n) is 2.59. The third-order valence-corrected chi connectivity index (χ3v) is 3.49. The number of hydrogen-bond donors (Lipinski definition) is 1. The molecule has 2 N–H and O–H groups in total. The van der Waals surface area contributed by atoms with Gasteiger partial charge in [0.2, 0.25) is 0 Å². The van der Waals surface area contributed by atoms with Crippen molar-refractivity contribution < 1.29 is 0 Å². The van der Waals surface area contributed by atoms with Gasteiger partial charge in [-0.15, -0.1) is 0 Å². The van der Waals surface area contributed by atoms with Crippen molar-refractivity contribution in [3.8, 4) is 11.4 Å². The van der Waals surface area contributed by atoms with Crippen LogP contribution in [0.15, 0.2) is 24.3 Å². The fourth-order valence-corrected chi connectivity index (χ4v) is 2.59. The average Bonchev–Trinajstić information content (AvgIpc) is 2.85. The van der Waals surface area contributed by atoms with E-state index in [0.717, 1.165) is 29.9 Å². The molecular weight excluding hydrogens is 222 g/mol.